The summed E-state index contributed by atoms with van der Waals surface area (Å²) in [4.78, 5) is 27.0. The van der Waals surface area contributed by atoms with Crippen LogP contribution in [-0.2, 0) is 17.8 Å². The summed E-state index contributed by atoms with van der Waals surface area (Å²) < 4.78 is 5.49. The van der Waals surface area contributed by atoms with Crippen molar-refractivity contribution >= 4 is 40.4 Å². The van der Waals surface area contributed by atoms with Crippen LogP contribution in [0.1, 0.15) is 10.4 Å². The zero-order valence-corrected chi connectivity index (χ0v) is 19.9. The molecule has 3 aromatic rings. The van der Waals surface area contributed by atoms with Crippen LogP contribution in [0.3, 0.4) is 0 Å². The van der Waals surface area contributed by atoms with Gasteiger partial charge in [0.25, 0.3) is 0 Å². The molecule has 0 bridgehead atoms. The van der Waals surface area contributed by atoms with Crippen LogP contribution < -0.4 is 20.3 Å². The van der Waals surface area contributed by atoms with Gasteiger partial charge in [-0.3, -0.25) is 4.79 Å². The minimum absolute atomic E-state index is 0.191. The summed E-state index contributed by atoms with van der Waals surface area (Å²) in [6.45, 7) is 2.47. The number of methoxy groups -OCH3 is 1. The molecule has 9 heteroatoms. The Morgan fingerprint density at radius 2 is 2.18 bits per heavy atom. The molecule has 1 amide bonds. The second kappa shape index (κ2) is 10.5. The van der Waals surface area contributed by atoms with Gasteiger partial charge in [-0.15, -0.1) is 11.3 Å². The predicted molar refractivity (Wildman–Crippen MR) is 134 cm³/mol. The Morgan fingerprint density at radius 1 is 1.30 bits per heavy atom. The van der Waals surface area contributed by atoms with E-state index in [4.69, 9.17) is 9.72 Å². The minimum Gasteiger partial charge on any atom is -0.495 e. The van der Waals surface area contributed by atoms with E-state index >= 15 is 0 Å². The molecule has 0 fully saturated rings. The maximum absolute atomic E-state index is 12.2. The zero-order chi connectivity index (χ0) is 23.2. The molecule has 0 radical (unpaired) electrons. The molecule has 1 aliphatic heterocycles. The molecule has 1 aliphatic rings. The number of hydrogen-bond donors (Lipinski definition) is 2. The van der Waals surface area contributed by atoms with Crippen molar-refractivity contribution in [2.45, 2.75) is 13.0 Å². The van der Waals surface area contributed by atoms with Gasteiger partial charge in [-0.05, 0) is 61.8 Å². The summed E-state index contributed by atoms with van der Waals surface area (Å²) in [6, 6.07) is 9.52. The SMILES string of the molecule is COc1ccc(NC(=O)/C=C/CN(C)C)cc1Nc1nccc(N2CCc3sccc3C2)n1. The number of nitrogens with zero attached hydrogens (tertiary/aromatic N) is 4. The lowest BCUT2D eigenvalue weighted by atomic mass is 10.1. The van der Waals surface area contributed by atoms with Gasteiger partial charge in [0.1, 0.15) is 11.6 Å². The Kier molecular flexibility index (Phi) is 7.21. The van der Waals surface area contributed by atoms with Gasteiger partial charge in [0.15, 0.2) is 0 Å². The van der Waals surface area contributed by atoms with Crippen molar-refractivity contribution < 1.29 is 9.53 Å². The lowest BCUT2D eigenvalue weighted by molar-refractivity contribution is -0.111. The van der Waals surface area contributed by atoms with E-state index in [0.29, 0.717) is 29.6 Å². The third kappa shape index (κ3) is 5.88. The molecule has 0 unspecified atom stereocenters. The molecule has 0 spiro atoms. The van der Waals surface area contributed by atoms with E-state index in [1.54, 1.807) is 25.4 Å². The summed E-state index contributed by atoms with van der Waals surface area (Å²) in [6.07, 6.45) is 6.12. The van der Waals surface area contributed by atoms with Crippen molar-refractivity contribution in [2.24, 2.45) is 0 Å². The second-order valence-electron chi connectivity index (χ2n) is 7.97. The smallest absolute Gasteiger partial charge is 0.248 e. The average molecular weight is 465 g/mol. The summed E-state index contributed by atoms with van der Waals surface area (Å²) in [5.74, 6) is 1.78. The number of thiophene rings is 1. The lowest BCUT2D eigenvalue weighted by Crippen LogP contribution is -2.30. The van der Waals surface area contributed by atoms with Gasteiger partial charge < -0.3 is 25.2 Å². The van der Waals surface area contributed by atoms with E-state index in [2.05, 4.69) is 32.0 Å². The number of nitrogens with one attached hydrogen (secondary N) is 2. The van der Waals surface area contributed by atoms with Crippen LogP contribution in [0, 0.1) is 0 Å². The monoisotopic (exact) mass is 464 g/mol. The van der Waals surface area contributed by atoms with E-state index in [0.717, 1.165) is 25.3 Å². The minimum atomic E-state index is -0.191. The highest BCUT2D eigenvalue weighted by molar-refractivity contribution is 7.10. The van der Waals surface area contributed by atoms with Gasteiger partial charge in [-0.2, -0.15) is 4.98 Å². The van der Waals surface area contributed by atoms with Crippen LogP contribution in [0.25, 0.3) is 0 Å². The summed E-state index contributed by atoms with van der Waals surface area (Å²) in [5.41, 5.74) is 2.68. The van der Waals surface area contributed by atoms with Crippen LogP contribution in [0.4, 0.5) is 23.1 Å². The van der Waals surface area contributed by atoms with Crippen LogP contribution in [-0.4, -0.2) is 55.1 Å². The highest BCUT2D eigenvalue weighted by Crippen LogP contribution is 2.31. The van der Waals surface area contributed by atoms with Gasteiger partial charge in [0.05, 0.1) is 12.8 Å². The fourth-order valence-electron chi connectivity index (χ4n) is 3.59. The van der Waals surface area contributed by atoms with Gasteiger partial charge in [0.2, 0.25) is 11.9 Å². The number of hydrogen-bond acceptors (Lipinski definition) is 8. The Morgan fingerprint density at radius 3 is 3.00 bits per heavy atom. The molecule has 33 heavy (non-hydrogen) atoms. The molecule has 4 rings (SSSR count). The van der Waals surface area contributed by atoms with Crippen molar-refractivity contribution in [3.8, 4) is 5.75 Å². The number of carbonyl (C=O) groups excluding carboxylic acids is 1. The Labute approximate surface area is 197 Å². The topological polar surface area (TPSA) is 82.6 Å². The van der Waals surface area contributed by atoms with E-state index in [9.17, 15) is 4.79 Å². The van der Waals surface area contributed by atoms with Crippen molar-refractivity contribution in [2.75, 3.05) is 49.8 Å². The number of amides is 1. The summed E-state index contributed by atoms with van der Waals surface area (Å²) in [5, 5.41) is 8.27. The first-order chi connectivity index (χ1) is 16.0. The van der Waals surface area contributed by atoms with Crippen molar-refractivity contribution in [1.29, 1.82) is 0 Å². The number of benzene rings is 1. The number of likely N-dealkylation sites (N-methyl/N-ethyl adjacent to an activating group) is 1. The van der Waals surface area contributed by atoms with Crippen LogP contribution in [0.2, 0.25) is 0 Å². The number of rotatable bonds is 8. The van der Waals surface area contributed by atoms with Crippen LogP contribution in [0.5, 0.6) is 5.75 Å². The molecule has 2 aromatic heterocycles. The molecule has 0 aliphatic carbocycles. The normalized spacial score (nSPS) is 13.3. The molecule has 2 N–H and O–H groups in total. The van der Waals surface area contributed by atoms with Crippen LogP contribution >= 0.6 is 11.3 Å². The number of aromatic nitrogens is 2. The molecular formula is C24H28N6O2S. The second-order valence-corrected chi connectivity index (χ2v) is 8.97. The fraction of sp³-hybridized carbons (Fsp3) is 0.292. The van der Waals surface area contributed by atoms with Gasteiger partial charge in [-0.1, -0.05) is 6.08 Å². The van der Waals surface area contributed by atoms with E-state index in [1.807, 2.05) is 48.5 Å². The lowest BCUT2D eigenvalue weighted by Gasteiger charge is -2.28. The molecule has 0 saturated carbocycles. The number of anilines is 4. The van der Waals surface area contributed by atoms with E-state index in [-0.39, 0.29) is 5.91 Å². The molecule has 1 aromatic carbocycles. The Hall–Kier alpha value is -3.43. The van der Waals surface area contributed by atoms with Gasteiger partial charge in [-0.25, -0.2) is 4.98 Å². The van der Waals surface area contributed by atoms with Crippen molar-refractivity contribution in [3.05, 3.63) is 64.5 Å². The third-order valence-electron chi connectivity index (χ3n) is 5.23. The Balaban J connectivity index is 1.48. The molecule has 0 saturated heterocycles. The van der Waals surface area contributed by atoms with Crippen molar-refractivity contribution in [3.63, 3.8) is 0 Å². The van der Waals surface area contributed by atoms with Crippen LogP contribution in [0.15, 0.2) is 54.1 Å². The number of carbonyl (C=O) groups is 1. The maximum atomic E-state index is 12.2. The maximum Gasteiger partial charge on any atom is 0.248 e. The first kappa shape index (κ1) is 22.8. The fourth-order valence-corrected chi connectivity index (χ4v) is 4.48. The molecule has 0 atom stereocenters. The molecule has 8 nitrogen and oxygen atoms in total. The number of fused-ring (bicyclic) bond motifs is 1. The summed E-state index contributed by atoms with van der Waals surface area (Å²) in [7, 11) is 5.50. The third-order valence-corrected chi connectivity index (χ3v) is 6.25. The van der Waals surface area contributed by atoms with Gasteiger partial charge in [0, 0.05) is 42.5 Å². The number of ether oxygens (including phenoxy) is 1. The first-order valence-electron chi connectivity index (χ1n) is 10.7. The molecular weight excluding hydrogens is 436 g/mol. The van der Waals surface area contributed by atoms with Gasteiger partial charge >= 0.3 is 0 Å². The zero-order valence-electron chi connectivity index (χ0n) is 19.0. The molecule has 172 valence electrons. The first-order valence-corrected chi connectivity index (χ1v) is 11.6. The quantitative estimate of drug-likeness (QED) is 0.489. The van der Waals surface area contributed by atoms with E-state index < -0.39 is 0 Å². The highest BCUT2D eigenvalue weighted by Gasteiger charge is 2.19. The average Bonchev–Trinajstić information content (AvgIpc) is 3.27. The Bertz CT molecular complexity index is 1140. The molecule has 3 heterocycles. The largest absolute Gasteiger partial charge is 0.495 e. The highest BCUT2D eigenvalue weighted by atomic mass is 32.1. The predicted octanol–water partition coefficient (Wildman–Crippen LogP) is 3.91. The standard InChI is InChI=1S/C24H28N6O2S/c1-29(2)12-4-5-23(31)26-18-6-7-20(32-3)19(15-18)27-24-25-11-8-22(28-24)30-13-9-21-17(16-30)10-14-33-21/h4-8,10-11,14-15H,9,12-13,16H2,1-3H3,(H,26,31)(H,25,27,28)/b5-4+. The summed E-state index contributed by atoms with van der Waals surface area (Å²) >= 11 is 1.82. The van der Waals surface area contributed by atoms with E-state index in [1.165, 1.54) is 16.5 Å². The van der Waals surface area contributed by atoms with Crippen molar-refractivity contribution in [1.82, 2.24) is 14.9 Å².